The van der Waals surface area contributed by atoms with Crippen molar-refractivity contribution in [2.75, 3.05) is 18.1 Å². The van der Waals surface area contributed by atoms with E-state index in [1.165, 1.54) is 5.56 Å². The summed E-state index contributed by atoms with van der Waals surface area (Å²) in [7, 11) is 0. The first-order chi connectivity index (χ1) is 9.56. The smallest absolute Gasteiger partial charge is 0.304 e. The maximum Gasteiger partial charge on any atom is 0.304 e. The summed E-state index contributed by atoms with van der Waals surface area (Å²) >= 11 is 5.31. The number of benzene rings is 1. The highest BCUT2D eigenvalue weighted by atomic mass is 79.9. The molecule has 2 rings (SSSR count). The monoisotopic (exact) mass is 357 g/mol. The van der Waals surface area contributed by atoms with Crippen molar-refractivity contribution in [3.05, 3.63) is 34.3 Å². The van der Waals surface area contributed by atoms with Gasteiger partial charge in [0.25, 0.3) is 0 Å². The molecular formula is C15H20BrNO2S. The van der Waals surface area contributed by atoms with Crippen molar-refractivity contribution >= 4 is 33.7 Å². The van der Waals surface area contributed by atoms with Gasteiger partial charge in [-0.1, -0.05) is 28.1 Å². The highest BCUT2D eigenvalue weighted by Crippen LogP contribution is 2.23. The molecule has 0 amide bonds. The fourth-order valence-corrected chi connectivity index (χ4v) is 4.06. The van der Waals surface area contributed by atoms with Gasteiger partial charge >= 0.3 is 5.97 Å². The van der Waals surface area contributed by atoms with Gasteiger partial charge in [-0.3, -0.25) is 9.69 Å². The van der Waals surface area contributed by atoms with E-state index >= 15 is 0 Å². The predicted molar refractivity (Wildman–Crippen MR) is 87.4 cm³/mol. The highest BCUT2D eigenvalue weighted by Gasteiger charge is 2.28. The predicted octanol–water partition coefficient (Wildman–Crippen LogP) is 3.27. The maximum absolute atomic E-state index is 11.0. The van der Waals surface area contributed by atoms with Crippen molar-refractivity contribution in [2.45, 2.75) is 31.8 Å². The van der Waals surface area contributed by atoms with Crippen LogP contribution in [-0.4, -0.2) is 46.1 Å². The number of aliphatic carboxylic acids is 1. The van der Waals surface area contributed by atoms with Crippen LogP contribution in [0.25, 0.3) is 0 Å². The first kappa shape index (κ1) is 15.9. The minimum Gasteiger partial charge on any atom is -0.481 e. The van der Waals surface area contributed by atoms with Gasteiger partial charge in [-0.2, -0.15) is 11.8 Å². The Kier molecular flexibility index (Phi) is 5.93. The van der Waals surface area contributed by atoms with Crippen molar-refractivity contribution in [1.29, 1.82) is 0 Å². The molecular weight excluding hydrogens is 338 g/mol. The summed E-state index contributed by atoms with van der Waals surface area (Å²) in [4.78, 5) is 13.4. The van der Waals surface area contributed by atoms with Gasteiger partial charge < -0.3 is 5.11 Å². The van der Waals surface area contributed by atoms with Crippen LogP contribution in [0.2, 0.25) is 0 Å². The molecule has 0 aliphatic carbocycles. The van der Waals surface area contributed by atoms with Crippen molar-refractivity contribution in [3.63, 3.8) is 0 Å². The molecule has 0 radical (unpaired) electrons. The van der Waals surface area contributed by atoms with Gasteiger partial charge in [0.15, 0.2) is 0 Å². The van der Waals surface area contributed by atoms with Crippen LogP contribution in [0.4, 0.5) is 0 Å². The average molecular weight is 358 g/mol. The van der Waals surface area contributed by atoms with Crippen LogP contribution in [0.1, 0.15) is 18.9 Å². The normalized spacial score (nSPS) is 21.6. The molecule has 1 aliphatic heterocycles. The van der Waals surface area contributed by atoms with Gasteiger partial charge in [-0.15, -0.1) is 0 Å². The Balaban J connectivity index is 1.99. The first-order valence-corrected chi connectivity index (χ1v) is 8.80. The fourth-order valence-electron chi connectivity index (χ4n) is 2.70. The van der Waals surface area contributed by atoms with Crippen LogP contribution < -0.4 is 0 Å². The number of rotatable bonds is 5. The molecule has 1 fully saturated rings. The van der Waals surface area contributed by atoms with Gasteiger partial charge in [0, 0.05) is 34.6 Å². The quantitative estimate of drug-likeness (QED) is 0.877. The molecule has 1 aromatic rings. The minimum absolute atomic E-state index is 0.164. The number of hydrogen-bond acceptors (Lipinski definition) is 3. The van der Waals surface area contributed by atoms with E-state index in [-0.39, 0.29) is 12.5 Å². The Morgan fingerprint density at radius 1 is 1.50 bits per heavy atom. The zero-order valence-electron chi connectivity index (χ0n) is 11.6. The molecule has 1 aliphatic rings. The summed E-state index contributed by atoms with van der Waals surface area (Å²) in [6, 6.07) is 8.92. The number of halogens is 1. The Morgan fingerprint density at radius 2 is 2.20 bits per heavy atom. The molecule has 2 unspecified atom stereocenters. The lowest BCUT2D eigenvalue weighted by Crippen LogP contribution is -2.49. The van der Waals surface area contributed by atoms with Gasteiger partial charge in [0.05, 0.1) is 6.42 Å². The Morgan fingerprint density at radius 3 is 2.85 bits per heavy atom. The summed E-state index contributed by atoms with van der Waals surface area (Å²) < 4.78 is 1.09. The lowest BCUT2D eigenvalue weighted by atomic mass is 10.0. The molecule has 1 saturated heterocycles. The summed E-state index contributed by atoms with van der Waals surface area (Å²) in [6.45, 7) is 3.19. The lowest BCUT2D eigenvalue weighted by molar-refractivity contribution is -0.138. The molecule has 0 spiro atoms. The van der Waals surface area contributed by atoms with Gasteiger partial charge in [0.1, 0.15) is 0 Å². The van der Waals surface area contributed by atoms with Gasteiger partial charge in [-0.05, 0) is 31.0 Å². The van der Waals surface area contributed by atoms with Crippen LogP contribution in [0.15, 0.2) is 28.7 Å². The zero-order chi connectivity index (χ0) is 14.5. The maximum atomic E-state index is 11.0. The van der Waals surface area contributed by atoms with Crippen molar-refractivity contribution in [3.8, 4) is 0 Å². The molecule has 3 nitrogen and oxygen atoms in total. The summed E-state index contributed by atoms with van der Waals surface area (Å²) in [5.41, 5.74) is 1.30. The molecule has 20 heavy (non-hydrogen) atoms. The van der Waals surface area contributed by atoms with E-state index in [1.54, 1.807) is 0 Å². The van der Waals surface area contributed by atoms with E-state index in [4.69, 9.17) is 5.11 Å². The number of carboxylic acid groups (broad SMARTS) is 1. The van der Waals surface area contributed by atoms with E-state index in [2.05, 4.69) is 52.0 Å². The second-order valence-electron chi connectivity index (χ2n) is 5.24. The molecule has 1 aromatic carbocycles. The number of nitrogens with zero attached hydrogens (tertiary/aromatic N) is 1. The van der Waals surface area contributed by atoms with Gasteiger partial charge in [-0.25, -0.2) is 0 Å². The van der Waals surface area contributed by atoms with Crippen molar-refractivity contribution in [2.24, 2.45) is 0 Å². The van der Waals surface area contributed by atoms with Crippen LogP contribution >= 0.6 is 27.7 Å². The number of carboxylic acids is 1. The van der Waals surface area contributed by atoms with Crippen LogP contribution in [0, 0.1) is 0 Å². The van der Waals surface area contributed by atoms with E-state index in [9.17, 15) is 4.79 Å². The lowest BCUT2D eigenvalue weighted by Gasteiger charge is -2.39. The standard InChI is InChI=1S/C15H20BrNO2S/c1-11(8-12-2-4-13(16)5-3-12)17-6-7-20-10-14(17)9-15(18)19/h2-5,11,14H,6-10H2,1H3,(H,18,19). The molecule has 0 aromatic heterocycles. The van der Waals surface area contributed by atoms with E-state index < -0.39 is 5.97 Å². The SMILES string of the molecule is CC(Cc1ccc(Br)cc1)N1CCSCC1CC(=O)O. The molecule has 1 heterocycles. The largest absolute Gasteiger partial charge is 0.481 e. The van der Waals surface area contributed by atoms with Crippen LogP contribution in [0.5, 0.6) is 0 Å². The van der Waals surface area contributed by atoms with Crippen molar-refractivity contribution < 1.29 is 9.90 Å². The molecule has 1 N–H and O–H groups in total. The van der Waals surface area contributed by atoms with Gasteiger partial charge in [0.2, 0.25) is 0 Å². The minimum atomic E-state index is -0.696. The summed E-state index contributed by atoms with van der Waals surface area (Å²) in [5, 5.41) is 9.04. The number of carbonyl (C=O) groups is 1. The second kappa shape index (κ2) is 7.48. The van der Waals surface area contributed by atoms with E-state index in [0.717, 1.165) is 28.9 Å². The first-order valence-electron chi connectivity index (χ1n) is 6.86. The number of hydrogen-bond donors (Lipinski definition) is 1. The Bertz CT molecular complexity index is 452. The van der Waals surface area contributed by atoms with E-state index in [0.29, 0.717) is 6.04 Å². The third-order valence-corrected chi connectivity index (χ3v) is 5.31. The van der Waals surface area contributed by atoms with Crippen LogP contribution in [0.3, 0.4) is 0 Å². The average Bonchev–Trinajstić information content (AvgIpc) is 2.41. The third kappa shape index (κ3) is 4.50. The Labute approximate surface area is 132 Å². The second-order valence-corrected chi connectivity index (χ2v) is 7.31. The topological polar surface area (TPSA) is 40.5 Å². The summed E-state index contributed by atoms with van der Waals surface area (Å²) in [5.74, 6) is 1.33. The fraction of sp³-hybridized carbons (Fsp3) is 0.533. The Hall–Kier alpha value is -0.520. The van der Waals surface area contributed by atoms with E-state index in [1.807, 2.05) is 11.8 Å². The summed E-state index contributed by atoms with van der Waals surface area (Å²) in [6.07, 6.45) is 1.21. The molecule has 0 saturated carbocycles. The highest BCUT2D eigenvalue weighted by molar-refractivity contribution is 9.10. The molecule has 2 atom stereocenters. The third-order valence-electron chi connectivity index (χ3n) is 3.69. The molecule has 110 valence electrons. The van der Waals surface area contributed by atoms with Crippen LogP contribution in [-0.2, 0) is 11.2 Å². The zero-order valence-corrected chi connectivity index (χ0v) is 14.0. The molecule has 0 bridgehead atoms. The number of thioether (sulfide) groups is 1. The molecule has 5 heteroatoms. The van der Waals surface area contributed by atoms with Crippen molar-refractivity contribution in [1.82, 2.24) is 4.90 Å².